The standard InChI is InChI=1S/C9H10I9NO5/c10-7(11,12)4(22)3(21)2(1-20)24-6(23,9(16,17)18)5(4,19)8(13,14)15/h2-3,20-23H,1,19H2/t2-,3-,4+,5-,6+/m1/s1. The third kappa shape index (κ3) is 4.53. The summed E-state index contributed by atoms with van der Waals surface area (Å²) in [6.45, 7) is -0.571. The third-order valence-electron chi connectivity index (χ3n) is 3.68. The number of hydrogen-bond donors (Lipinski definition) is 5. The van der Waals surface area contributed by atoms with Crippen molar-refractivity contribution in [2.24, 2.45) is 5.73 Å². The van der Waals surface area contributed by atoms with Gasteiger partial charge in [-0.2, -0.15) is 0 Å². The average molecular weight is 1350 g/mol. The zero-order valence-corrected chi connectivity index (χ0v) is 30.5. The molecule has 0 aliphatic carbocycles. The monoisotopic (exact) mass is 1350 g/mol. The number of nitrogens with two attached hydrogens (primary N) is 1. The number of aliphatic hydroxyl groups excluding tert-OH is 2. The summed E-state index contributed by atoms with van der Waals surface area (Å²) in [5.41, 5.74) is 2.94. The lowest BCUT2D eigenvalue weighted by Gasteiger charge is -2.66. The van der Waals surface area contributed by atoms with Crippen molar-refractivity contribution < 1.29 is 25.2 Å². The Morgan fingerprint density at radius 3 is 1.54 bits per heavy atom. The summed E-state index contributed by atoms with van der Waals surface area (Å²) in [5.74, 6) is -2.07. The van der Waals surface area contributed by atoms with Crippen LogP contribution in [0.4, 0.5) is 0 Å². The number of halogens is 9. The molecule has 0 spiro atoms. The second-order valence-corrected chi connectivity index (χ2v) is 38.1. The van der Waals surface area contributed by atoms with Gasteiger partial charge in [0.25, 0.3) is 0 Å². The molecule has 1 fully saturated rings. The number of ether oxygens (including phenoxy) is 1. The Bertz CT molecular complexity index is 493. The molecule has 0 aromatic carbocycles. The lowest BCUT2D eigenvalue weighted by Crippen LogP contribution is -2.91. The van der Waals surface area contributed by atoms with Gasteiger partial charge in [-0.05, 0) is 67.8 Å². The molecule has 144 valence electrons. The highest BCUT2D eigenvalue weighted by atomic mass is 127. The van der Waals surface area contributed by atoms with E-state index in [0.717, 1.165) is 0 Å². The van der Waals surface area contributed by atoms with Crippen LogP contribution in [0.25, 0.3) is 0 Å². The maximum Gasteiger partial charge on any atom is 0.224 e. The molecule has 0 saturated carbocycles. The predicted molar refractivity (Wildman–Crippen MR) is 169 cm³/mol. The molecule has 1 rings (SSSR count). The van der Waals surface area contributed by atoms with Crippen molar-refractivity contribution in [3.05, 3.63) is 0 Å². The zero-order valence-electron chi connectivity index (χ0n) is 11.0. The van der Waals surface area contributed by atoms with E-state index < -0.39 is 34.0 Å². The number of rotatable bonds is 4. The molecule has 1 heterocycles. The van der Waals surface area contributed by atoms with Gasteiger partial charge < -0.3 is 30.9 Å². The van der Waals surface area contributed by atoms with Crippen LogP contribution in [-0.2, 0) is 4.74 Å². The molecular formula is C9H10I9NO5. The molecule has 0 aromatic heterocycles. The lowest BCUT2D eigenvalue weighted by molar-refractivity contribution is -0.353. The van der Waals surface area contributed by atoms with Gasteiger partial charge in [-0.25, -0.2) is 0 Å². The molecule has 1 saturated heterocycles. The molecule has 0 aromatic rings. The number of hydrogen-bond acceptors (Lipinski definition) is 6. The maximum atomic E-state index is 11.8. The first-order valence-electron chi connectivity index (χ1n) is 5.73. The van der Waals surface area contributed by atoms with Crippen LogP contribution in [0.3, 0.4) is 0 Å². The molecule has 0 bridgehead atoms. The van der Waals surface area contributed by atoms with E-state index in [0.29, 0.717) is 0 Å². The Balaban J connectivity index is 3.94. The topological polar surface area (TPSA) is 116 Å². The van der Waals surface area contributed by atoms with Crippen LogP contribution in [0.15, 0.2) is 0 Å². The zero-order chi connectivity index (χ0) is 19.6. The van der Waals surface area contributed by atoms with Gasteiger partial charge in [0.15, 0.2) is 3.91 Å². The van der Waals surface area contributed by atoms with Gasteiger partial charge in [0.1, 0.15) is 17.7 Å². The molecule has 1 aliphatic heterocycles. The van der Waals surface area contributed by atoms with Crippen molar-refractivity contribution in [2.45, 2.75) is 27.4 Å². The molecular weight excluding hydrogens is 1340 g/mol. The predicted octanol–water partition coefficient (Wildman–Crippen LogP) is 3.73. The first-order chi connectivity index (χ1) is 10.3. The summed E-state index contributed by atoms with van der Waals surface area (Å²) < 4.78 is 2.79. The van der Waals surface area contributed by atoms with Gasteiger partial charge >= 0.3 is 0 Å². The van der Waals surface area contributed by atoms with Crippen molar-refractivity contribution in [3.63, 3.8) is 0 Å². The molecule has 6 nitrogen and oxygen atoms in total. The third-order valence-corrected chi connectivity index (χ3v) is 10.9. The van der Waals surface area contributed by atoms with E-state index >= 15 is 0 Å². The summed E-state index contributed by atoms with van der Waals surface area (Å²) in [7, 11) is 0. The second-order valence-electron chi connectivity index (χ2n) is 5.00. The Morgan fingerprint density at radius 2 is 1.29 bits per heavy atom. The van der Waals surface area contributed by atoms with Crippen LogP contribution in [0.1, 0.15) is 0 Å². The van der Waals surface area contributed by atoms with E-state index in [1.807, 2.05) is 203 Å². The summed E-state index contributed by atoms with van der Waals surface area (Å²) in [4.78, 5) is 0. The largest absolute Gasteiger partial charge is 0.394 e. The highest BCUT2D eigenvalue weighted by Crippen LogP contribution is 2.68. The maximum absolute atomic E-state index is 11.8. The lowest BCUT2D eigenvalue weighted by atomic mass is 9.70. The van der Waals surface area contributed by atoms with E-state index in [2.05, 4.69) is 0 Å². The SMILES string of the molecule is N[C@]1(C(I)(I)I)[C@](O)(C(I)(I)I)[C@H](O)[C@@H](CO)O[C@]1(O)C(I)(I)I. The summed E-state index contributed by atoms with van der Waals surface area (Å²) >= 11 is 18.0. The second kappa shape index (κ2) is 9.29. The van der Waals surface area contributed by atoms with Crippen LogP contribution < -0.4 is 5.73 Å². The fraction of sp³-hybridized carbons (Fsp3) is 1.00. The normalized spacial score (nSPS) is 42.2. The molecule has 15 heteroatoms. The Kier molecular flexibility index (Phi) is 11.0. The smallest absolute Gasteiger partial charge is 0.224 e. The molecule has 5 atom stereocenters. The van der Waals surface area contributed by atoms with Gasteiger partial charge in [-0.3, -0.25) is 0 Å². The fourth-order valence-corrected chi connectivity index (χ4v) is 8.59. The highest BCUT2D eigenvalue weighted by Gasteiger charge is 2.83. The van der Waals surface area contributed by atoms with Gasteiger partial charge in [0.05, 0.1) is 6.61 Å². The molecule has 24 heavy (non-hydrogen) atoms. The quantitative estimate of drug-likeness (QED) is 0.217. The van der Waals surface area contributed by atoms with E-state index in [-0.39, 0.29) is 0 Å². The minimum atomic E-state index is -2.07. The van der Waals surface area contributed by atoms with E-state index in [1.165, 1.54) is 0 Å². The Labute approximate surface area is 262 Å². The number of alkyl halides is 9. The van der Waals surface area contributed by atoms with Crippen LogP contribution >= 0.6 is 203 Å². The van der Waals surface area contributed by atoms with Crippen molar-refractivity contribution in [1.82, 2.24) is 0 Å². The Hall–Kier alpha value is 6.33. The molecule has 0 radical (unpaired) electrons. The minimum Gasteiger partial charge on any atom is -0.394 e. The minimum absolute atomic E-state index is 0.571. The van der Waals surface area contributed by atoms with Crippen molar-refractivity contribution in [3.8, 4) is 0 Å². The molecule has 0 amide bonds. The van der Waals surface area contributed by atoms with Crippen LogP contribution in [0, 0.1) is 0 Å². The Morgan fingerprint density at radius 1 is 0.875 bits per heavy atom. The van der Waals surface area contributed by atoms with Crippen LogP contribution in [-0.4, -0.2) is 54.5 Å². The van der Waals surface area contributed by atoms with Gasteiger partial charge in [0.2, 0.25) is 5.79 Å². The van der Waals surface area contributed by atoms with Crippen LogP contribution in [0.5, 0.6) is 0 Å². The average Bonchev–Trinajstić information content (AvgIpc) is 2.36. The van der Waals surface area contributed by atoms with Crippen molar-refractivity contribution >= 4 is 203 Å². The van der Waals surface area contributed by atoms with Crippen LogP contribution in [0.2, 0.25) is 0 Å². The van der Waals surface area contributed by atoms with E-state index in [1.54, 1.807) is 0 Å². The summed E-state index contributed by atoms with van der Waals surface area (Å²) in [6.07, 6.45) is -2.70. The van der Waals surface area contributed by atoms with Gasteiger partial charge in [-0.1, -0.05) is 136 Å². The van der Waals surface area contributed by atoms with E-state index in [4.69, 9.17) is 10.5 Å². The highest BCUT2D eigenvalue weighted by molar-refractivity contribution is 14.3. The van der Waals surface area contributed by atoms with Crippen molar-refractivity contribution in [1.29, 1.82) is 0 Å². The molecule has 6 N–H and O–H groups in total. The van der Waals surface area contributed by atoms with Crippen molar-refractivity contribution in [2.75, 3.05) is 6.61 Å². The summed E-state index contributed by atoms with van der Waals surface area (Å²) in [6, 6.07) is 0. The number of aliphatic hydroxyl groups is 4. The molecule has 1 aliphatic rings. The van der Waals surface area contributed by atoms with Gasteiger partial charge in [-0.15, -0.1) is 0 Å². The van der Waals surface area contributed by atoms with Gasteiger partial charge in [0, 0.05) is 0 Å². The first kappa shape index (κ1) is 28.4. The van der Waals surface area contributed by atoms with E-state index in [9.17, 15) is 20.4 Å². The first-order valence-corrected chi connectivity index (χ1v) is 15.4. The summed E-state index contributed by atoms with van der Waals surface area (Å²) in [5, 5.41) is 43.9. The molecule has 0 unspecified atom stereocenters. The fourth-order valence-electron chi connectivity index (χ4n) is 2.36.